The van der Waals surface area contributed by atoms with Gasteiger partial charge in [0.2, 0.25) is 0 Å². The predicted octanol–water partition coefficient (Wildman–Crippen LogP) is 3.79. The number of carbonyl (C=O) groups is 1. The summed E-state index contributed by atoms with van der Waals surface area (Å²) in [4.78, 5) is 12.6. The smallest absolute Gasteiger partial charge is 0.163 e. The molecule has 1 unspecified atom stereocenters. The van der Waals surface area contributed by atoms with Gasteiger partial charge in [-0.3, -0.25) is 4.79 Å². The molecule has 160 valence electrons. The van der Waals surface area contributed by atoms with Gasteiger partial charge in [-0.05, 0) is 42.0 Å². The minimum absolute atomic E-state index is 0.174. The maximum absolute atomic E-state index is 12.6. The molecule has 2 aromatic carbocycles. The number of carbonyl (C=O) groups excluding carboxylic acids is 1. The van der Waals surface area contributed by atoms with E-state index in [0.717, 1.165) is 72.6 Å². The average molecular weight is 411 g/mol. The van der Waals surface area contributed by atoms with Gasteiger partial charge in [-0.25, -0.2) is 0 Å². The molecule has 1 N–H and O–H groups in total. The van der Waals surface area contributed by atoms with Crippen molar-refractivity contribution in [2.45, 2.75) is 31.3 Å². The van der Waals surface area contributed by atoms with Crippen molar-refractivity contribution in [3.8, 4) is 11.5 Å². The van der Waals surface area contributed by atoms with Crippen LogP contribution < -0.4 is 9.47 Å². The van der Waals surface area contributed by atoms with E-state index in [0.29, 0.717) is 12.3 Å². The highest BCUT2D eigenvalue weighted by Gasteiger charge is 2.54. The first-order valence-corrected chi connectivity index (χ1v) is 10.9. The van der Waals surface area contributed by atoms with Crippen LogP contribution in [0.1, 0.15) is 41.6 Å². The fourth-order valence-corrected chi connectivity index (χ4v) is 5.40. The summed E-state index contributed by atoms with van der Waals surface area (Å²) in [5, 5.41) is 11.7. The quantitative estimate of drug-likeness (QED) is 0.531. The lowest BCUT2D eigenvalue weighted by Crippen LogP contribution is -2.67. The summed E-state index contributed by atoms with van der Waals surface area (Å²) in [5.74, 6) is 2.06. The minimum atomic E-state index is -0.789. The summed E-state index contributed by atoms with van der Waals surface area (Å²) >= 11 is 0. The van der Waals surface area contributed by atoms with Gasteiger partial charge in [-0.2, -0.15) is 0 Å². The topological polar surface area (TPSA) is 55.8 Å². The molecule has 0 radical (unpaired) electrons. The number of hydrogen-bond acceptors (Lipinski definition) is 4. The normalized spacial score (nSPS) is 27.6. The fraction of sp³-hybridized carbons (Fsp3) is 0.480. The average Bonchev–Trinajstić information content (AvgIpc) is 2.79. The van der Waals surface area contributed by atoms with E-state index >= 15 is 0 Å². The second-order valence-corrected chi connectivity index (χ2v) is 8.85. The lowest BCUT2D eigenvalue weighted by Gasteiger charge is -2.56. The first-order chi connectivity index (χ1) is 14.5. The molecule has 30 heavy (non-hydrogen) atoms. The predicted molar refractivity (Wildman–Crippen MR) is 116 cm³/mol. The van der Waals surface area contributed by atoms with Crippen molar-refractivity contribution in [1.82, 2.24) is 0 Å². The third-order valence-corrected chi connectivity index (χ3v) is 7.19. The van der Waals surface area contributed by atoms with Crippen LogP contribution in [0, 0.1) is 5.92 Å². The van der Waals surface area contributed by atoms with E-state index in [2.05, 4.69) is 0 Å². The molecule has 5 heteroatoms. The van der Waals surface area contributed by atoms with E-state index in [9.17, 15) is 9.90 Å². The van der Waals surface area contributed by atoms with Crippen LogP contribution in [0.15, 0.2) is 48.5 Å². The highest BCUT2D eigenvalue weighted by molar-refractivity contribution is 5.96. The Morgan fingerprint density at radius 2 is 1.57 bits per heavy atom. The third-order valence-electron chi connectivity index (χ3n) is 7.19. The number of ketones is 1. The molecule has 5 nitrogen and oxygen atoms in total. The Morgan fingerprint density at radius 1 is 1.00 bits per heavy atom. The zero-order valence-corrected chi connectivity index (χ0v) is 18.0. The monoisotopic (exact) mass is 410 g/mol. The lowest BCUT2D eigenvalue weighted by atomic mass is 9.70. The Hall–Kier alpha value is -2.37. The molecule has 3 aliphatic rings. The van der Waals surface area contributed by atoms with E-state index in [1.807, 2.05) is 48.5 Å². The Morgan fingerprint density at radius 3 is 2.13 bits per heavy atom. The van der Waals surface area contributed by atoms with Crippen LogP contribution in [0.25, 0.3) is 0 Å². The molecule has 3 aliphatic heterocycles. The number of aliphatic hydroxyl groups is 1. The van der Waals surface area contributed by atoms with Crippen molar-refractivity contribution >= 4 is 5.78 Å². The molecular weight excluding hydrogens is 378 g/mol. The summed E-state index contributed by atoms with van der Waals surface area (Å²) in [7, 11) is 3.28. The molecule has 0 amide bonds. The standard InChI is InChI=1S/C25H32NO4/c1-29-22-9-5-19(6-10-22)24(27)4-3-15-26-16-13-21(14-17-26)25(28,18-26)20-7-11-23(30-2)12-8-20/h5-12,21,28H,3-4,13-18H2,1-2H3/q+1. The molecule has 2 aromatic rings. The number of piperidine rings is 3. The first-order valence-electron chi connectivity index (χ1n) is 10.9. The Labute approximate surface area is 178 Å². The molecule has 2 bridgehead atoms. The minimum Gasteiger partial charge on any atom is -0.497 e. The summed E-state index contributed by atoms with van der Waals surface area (Å²) in [6.45, 7) is 3.87. The second kappa shape index (κ2) is 8.40. The summed E-state index contributed by atoms with van der Waals surface area (Å²) in [6.07, 6.45) is 3.45. The first kappa shape index (κ1) is 20.9. The number of fused-ring (bicyclic) bond motifs is 3. The number of ether oxygens (including phenoxy) is 2. The Kier molecular flexibility index (Phi) is 5.85. The number of Topliss-reactive ketones (excluding diaryl/α,β-unsaturated/α-hetero) is 1. The molecule has 0 saturated carbocycles. The van der Waals surface area contributed by atoms with Crippen molar-refractivity contribution in [2.24, 2.45) is 5.92 Å². The number of benzene rings is 2. The number of rotatable bonds is 8. The van der Waals surface area contributed by atoms with Crippen LogP contribution in [0.5, 0.6) is 11.5 Å². The molecule has 5 rings (SSSR count). The molecule has 0 spiro atoms. The van der Waals surface area contributed by atoms with Gasteiger partial charge in [0.05, 0.1) is 33.9 Å². The molecule has 3 saturated heterocycles. The molecule has 0 aliphatic carbocycles. The van der Waals surface area contributed by atoms with Crippen LogP contribution in [0.4, 0.5) is 0 Å². The fourth-order valence-electron chi connectivity index (χ4n) is 5.40. The summed E-state index contributed by atoms with van der Waals surface area (Å²) in [6, 6.07) is 15.2. The van der Waals surface area contributed by atoms with Crippen LogP contribution >= 0.6 is 0 Å². The summed E-state index contributed by atoms with van der Waals surface area (Å²) in [5.41, 5.74) is 0.940. The zero-order chi connectivity index (χ0) is 21.2. The van der Waals surface area contributed by atoms with E-state index < -0.39 is 5.60 Å². The largest absolute Gasteiger partial charge is 0.497 e. The van der Waals surface area contributed by atoms with Crippen molar-refractivity contribution in [3.05, 3.63) is 59.7 Å². The van der Waals surface area contributed by atoms with E-state index in [1.165, 1.54) is 0 Å². The van der Waals surface area contributed by atoms with Crippen LogP contribution in [0.2, 0.25) is 0 Å². The Balaban J connectivity index is 1.40. The highest BCUT2D eigenvalue weighted by atomic mass is 16.5. The van der Waals surface area contributed by atoms with E-state index in [4.69, 9.17) is 9.47 Å². The molecule has 0 aromatic heterocycles. The highest BCUT2D eigenvalue weighted by Crippen LogP contribution is 2.46. The second-order valence-electron chi connectivity index (χ2n) is 8.85. The number of methoxy groups -OCH3 is 2. The van der Waals surface area contributed by atoms with Gasteiger partial charge in [0, 0.05) is 37.2 Å². The van der Waals surface area contributed by atoms with Crippen LogP contribution in [-0.4, -0.2) is 55.8 Å². The SMILES string of the molecule is COc1ccc(C(=O)CCC[N+]23CCC(CC2)C(O)(c2ccc(OC)cc2)C3)cc1. The summed E-state index contributed by atoms with van der Waals surface area (Å²) < 4.78 is 11.3. The Bertz CT molecular complexity index is 869. The molecule has 3 fully saturated rings. The van der Waals surface area contributed by atoms with Gasteiger partial charge >= 0.3 is 0 Å². The van der Waals surface area contributed by atoms with Crippen molar-refractivity contribution < 1.29 is 23.9 Å². The van der Waals surface area contributed by atoms with Crippen molar-refractivity contribution in [1.29, 1.82) is 0 Å². The zero-order valence-electron chi connectivity index (χ0n) is 18.0. The maximum atomic E-state index is 12.6. The molecular formula is C25H32NO4+. The van der Waals surface area contributed by atoms with Crippen LogP contribution in [-0.2, 0) is 5.60 Å². The van der Waals surface area contributed by atoms with Gasteiger partial charge < -0.3 is 19.1 Å². The number of hydrogen-bond donors (Lipinski definition) is 1. The van der Waals surface area contributed by atoms with Gasteiger partial charge in [-0.15, -0.1) is 0 Å². The van der Waals surface area contributed by atoms with Gasteiger partial charge in [0.25, 0.3) is 0 Å². The number of quaternary nitrogens is 1. The van der Waals surface area contributed by atoms with Gasteiger partial charge in [0.1, 0.15) is 23.6 Å². The van der Waals surface area contributed by atoms with E-state index in [1.54, 1.807) is 14.2 Å². The van der Waals surface area contributed by atoms with Crippen LogP contribution in [0.3, 0.4) is 0 Å². The maximum Gasteiger partial charge on any atom is 0.163 e. The lowest BCUT2D eigenvalue weighted by molar-refractivity contribution is -0.952. The van der Waals surface area contributed by atoms with Gasteiger partial charge in [0.15, 0.2) is 5.78 Å². The van der Waals surface area contributed by atoms with Crippen molar-refractivity contribution in [3.63, 3.8) is 0 Å². The van der Waals surface area contributed by atoms with Crippen molar-refractivity contribution in [2.75, 3.05) is 40.4 Å². The third kappa shape index (κ3) is 3.96. The number of nitrogens with zero attached hydrogens (tertiary/aromatic N) is 1. The molecule has 1 atom stereocenters. The van der Waals surface area contributed by atoms with Gasteiger partial charge in [-0.1, -0.05) is 12.1 Å². The molecule has 3 heterocycles. The van der Waals surface area contributed by atoms with E-state index in [-0.39, 0.29) is 5.78 Å².